The first kappa shape index (κ1) is 23.6. The summed E-state index contributed by atoms with van der Waals surface area (Å²) in [5, 5.41) is 13.1. The predicted molar refractivity (Wildman–Crippen MR) is 131 cm³/mol. The van der Waals surface area contributed by atoms with E-state index in [0.29, 0.717) is 23.7 Å². The molecule has 4 rings (SSSR count). The van der Waals surface area contributed by atoms with Gasteiger partial charge < -0.3 is 15.2 Å². The zero-order valence-electron chi connectivity index (χ0n) is 19.0. The van der Waals surface area contributed by atoms with Crippen molar-refractivity contribution in [2.45, 2.75) is 64.7 Å². The van der Waals surface area contributed by atoms with E-state index >= 15 is 0 Å². The van der Waals surface area contributed by atoms with Gasteiger partial charge in [0.1, 0.15) is 5.75 Å². The van der Waals surface area contributed by atoms with Crippen LogP contribution in [0.5, 0.6) is 5.75 Å². The molecule has 0 bridgehead atoms. The Morgan fingerprint density at radius 2 is 1.94 bits per heavy atom. The maximum atomic E-state index is 13.4. The number of ether oxygens (including phenoxy) is 1. The van der Waals surface area contributed by atoms with Crippen LogP contribution in [0, 0.1) is 0 Å². The molecule has 33 heavy (non-hydrogen) atoms. The Hall–Kier alpha value is -2.59. The second-order valence-electron chi connectivity index (χ2n) is 8.35. The lowest BCUT2D eigenvalue weighted by Crippen LogP contribution is -2.40. The van der Waals surface area contributed by atoms with Crippen LogP contribution in [0.25, 0.3) is 11.2 Å². The lowest BCUT2D eigenvalue weighted by atomic mass is 9.96. The lowest BCUT2D eigenvalue weighted by molar-refractivity contribution is 0.274. The van der Waals surface area contributed by atoms with Gasteiger partial charge in [-0.15, -0.1) is 0 Å². The molecule has 178 valence electrons. The fraction of sp³-hybridized carbons (Fsp3) is 0.522. The minimum Gasteiger partial charge on any atom is -0.496 e. The standard InChI is InChI=1S/C23H30BrN5O4/c1-3-27-21(31)19-20(28(11-12-30)23(27)32)26-22(25-16-7-5-4-6-8-16)29(19)14-15-9-10-18(33-2)17(24)13-15/h9-10,13,16,30H,3-8,11-12,14H2,1-2H3,(H,25,26). The smallest absolute Gasteiger partial charge is 0.332 e. The summed E-state index contributed by atoms with van der Waals surface area (Å²) in [6.07, 6.45) is 5.62. The number of fused-ring (bicyclic) bond motifs is 1. The van der Waals surface area contributed by atoms with Gasteiger partial charge in [0, 0.05) is 12.6 Å². The molecule has 0 aliphatic heterocycles. The molecule has 1 fully saturated rings. The van der Waals surface area contributed by atoms with Crippen molar-refractivity contribution in [2.75, 3.05) is 19.0 Å². The third-order valence-electron chi connectivity index (χ3n) is 6.25. The average Bonchev–Trinajstić information content (AvgIpc) is 3.15. The number of imidazole rings is 1. The minimum atomic E-state index is -0.454. The first-order valence-electron chi connectivity index (χ1n) is 11.4. The molecule has 9 nitrogen and oxygen atoms in total. The molecule has 2 aromatic heterocycles. The fourth-order valence-electron chi connectivity index (χ4n) is 4.56. The van der Waals surface area contributed by atoms with Gasteiger partial charge in [0.05, 0.1) is 31.3 Å². The Morgan fingerprint density at radius 3 is 2.58 bits per heavy atom. The van der Waals surface area contributed by atoms with Crippen molar-refractivity contribution >= 4 is 33.0 Å². The number of anilines is 1. The van der Waals surface area contributed by atoms with Crippen molar-refractivity contribution in [3.63, 3.8) is 0 Å². The van der Waals surface area contributed by atoms with Crippen molar-refractivity contribution in [2.24, 2.45) is 0 Å². The van der Waals surface area contributed by atoms with Gasteiger partial charge in [-0.3, -0.25) is 18.5 Å². The molecular formula is C23H30BrN5O4. The highest BCUT2D eigenvalue weighted by atomic mass is 79.9. The van der Waals surface area contributed by atoms with E-state index in [9.17, 15) is 14.7 Å². The monoisotopic (exact) mass is 519 g/mol. The van der Waals surface area contributed by atoms with Gasteiger partial charge >= 0.3 is 5.69 Å². The summed E-state index contributed by atoms with van der Waals surface area (Å²) in [7, 11) is 1.61. The van der Waals surface area contributed by atoms with Crippen LogP contribution in [-0.2, 0) is 19.6 Å². The molecule has 0 amide bonds. The zero-order valence-corrected chi connectivity index (χ0v) is 20.6. The zero-order chi connectivity index (χ0) is 23.5. The number of benzene rings is 1. The Balaban J connectivity index is 1.91. The summed E-state index contributed by atoms with van der Waals surface area (Å²) in [6.45, 7) is 2.25. The van der Waals surface area contributed by atoms with Gasteiger partial charge in [0.2, 0.25) is 5.95 Å². The van der Waals surface area contributed by atoms with E-state index in [1.807, 2.05) is 22.8 Å². The maximum absolute atomic E-state index is 13.4. The summed E-state index contributed by atoms with van der Waals surface area (Å²) in [5.41, 5.74) is 0.786. The van der Waals surface area contributed by atoms with E-state index < -0.39 is 5.69 Å². The van der Waals surface area contributed by atoms with Crippen molar-refractivity contribution < 1.29 is 9.84 Å². The van der Waals surface area contributed by atoms with Gasteiger partial charge in [-0.25, -0.2) is 4.79 Å². The molecule has 0 unspecified atom stereocenters. The summed E-state index contributed by atoms with van der Waals surface area (Å²) < 4.78 is 10.6. The number of aromatic nitrogens is 4. The molecule has 0 saturated heterocycles. The number of methoxy groups -OCH3 is 1. The van der Waals surface area contributed by atoms with Crippen LogP contribution < -0.4 is 21.3 Å². The molecule has 1 aliphatic carbocycles. The molecular weight excluding hydrogens is 490 g/mol. The number of nitrogens with zero attached hydrogens (tertiary/aromatic N) is 4. The molecule has 2 N–H and O–H groups in total. The summed E-state index contributed by atoms with van der Waals surface area (Å²) in [5.74, 6) is 1.29. The van der Waals surface area contributed by atoms with Crippen LogP contribution >= 0.6 is 15.9 Å². The molecule has 10 heteroatoms. The van der Waals surface area contributed by atoms with Gasteiger partial charge in [-0.05, 0) is 53.4 Å². The second kappa shape index (κ2) is 10.1. The Kier molecular flexibility index (Phi) is 7.23. The van der Waals surface area contributed by atoms with Crippen LogP contribution in [0.4, 0.5) is 5.95 Å². The summed E-state index contributed by atoms with van der Waals surface area (Å²) in [4.78, 5) is 31.1. The number of halogens is 1. The minimum absolute atomic E-state index is 0.0730. The van der Waals surface area contributed by atoms with Crippen molar-refractivity contribution in [1.29, 1.82) is 0 Å². The van der Waals surface area contributed by atoms with E-state index in [1.165, 1.54) is 15.6 Å². The highest BCUT2D eigenvalue weighted by Crippen LogP contribution is 2.28. The molecule has 1 aliphatic rings. The Morgan fingerprint density at radius 1 is 1.18 bits per heavy atom. The first-order valence-corrected chi connectivity index (χ1v) is 12.2. The van der Waals surface area contributed by atoms with Crippen molar-refractivity contribution in [1.82, 2.24) is 18.7 Å². The van der Waals surface area contributed by atoms with Crippen molar-refractivity contribution in [3.8, 4) is 5.75 Å². The number of hydrogen-bond acceptors (Lipinski definition) is 6. The molecule has 0 radical (unpaired) electrons. The van der Waals surface area contributed by atoms with Crippen LogP contribution in [0.3, 0.4) is 0 Å². The van der Waals surface area contributed by atoms with Gasteiger partial charge in [-0.1, -0.05) is 25.3 Å². The molecule has 1 aromatic carbocycles. The molecule has 0 spiro atoms. The number of rotatable bonds is 8. The topological polar surface area (TPSA) is 103 Å². The average molecular weight is 520 g/mol. The quantitative estimate of drug-likeness (QED) is 0.474. The number of nitrogens with one attached hydrogen (secondary N) is 1. The number of aliphatic hydroxyl groups is 1. The summed E-state index contributed by atoms with van der Waals surface area (Å²) >= 11 is 3.53. The molecule has 2 heterocycles. The van der Waals surface area contributed by atoms with Crippen LogP contribution in [0.15, 0.2) is 32.3 Å². The molecule has 0 atom stereocenters. The van der Waals surface area contributed by atoms with Crippen LogP contribution in [0.1, 0.15) is 44.6 Å². The van der Waals surface area contributed by atoms with Gasteiger partial charge in [0.25, 0.3) is 5.56 Å². The number of hydrogen-bond donors (Lipinski definition) is 2. The lowest BCUT2D eigenvalue weighted by Gasteiger charge is -2.23. The van der Waals surface area contributed by atoms with Crippen molar-refractivity contribution in [3.05, 3.63) is 49.1 Å². The Labute approximate surface area is 200 Å². The SMILES string of the molecule is CCn1c(=O)c2c(nc(NC3CCCCC3)n2Cc2ccc(OC)c(Br)c2)n(CCO)c1=O. The van der Waals surface area contributed by atoms with E-state index in [-0.39, 0.29) is 31.3 Å². The Bertz CT molecular complexity index is 1260. The van der Waals surface area contributed by atoms with E-state index in [2.05, 4.69) is 21.2 Å². The van der Waals surface area contributed by atoms with Crippen LogP contribution in [-0.4, -0.2) is 43.6 Å². The van der Waals surface area contributed by atoms with E-state index in [1.54, 1.807) is 14.0 Å². The molecule has 1 saturated carbocycles. The maximum Gasteiger partial charge on any atom is 0.332 e. The normalized spacial score (nSPS) is 14.7. The number of aliphatic hydroxyl groups excluding tert-OH is 1. The van der Waals surface area contributed by atoms with E-state index in [4.69, 9.17) is 9.72 Å². The first-order chi connectivity index (χ1) is 16.0. The third kappa shape index (κ3) is 4.59. The van der Waals surface area contributed by atoms with Gasteiger partial charge in [0.15, 0.2) is 11.2 Å². The highest BCUT2D eigenvalue weighted by molar-refractivity contribution is 9.10. The van der Waals surface area contributed by atoms with E-state index in [0.717, 1.165) is 41.5 Å². The second-order valence-corrected chi connectivity index (χ2v) is 9.20. The largest absolute Gasteiger partial charge is 0.496 e. The predicted octanol–water partition coefficient (Wildman–Crippen LogP) is 2.94. The fourth-order valence-corrected chi connectivity index (χ4v) is 5.14. The van der Waals surface area contributed by atoms with Gasteiger partial charge in [-0.2, -0.15) is 4.98 Å². The van der Waals surface area contributed by atoms with Crippen LogP contribution in [0.2, 0.25) is 0 Å². The third-order valence-corrected chi connectivity index (χ3v) is 6.87. The summed E-state index contributed by atoms with van der Waals surface area (Å²) in [6, 6.07) is 6.04. The molecule has 3 aromatic rings. The highest BCUT2D eigenvalue weighted by Gasteiger charge is 2.23.